The molecule has 0 amide bonds. The van der Waals surface area contributed by atoms with Crippen molar-refractivity contribution in [1.29, 1.82) is 0 Å². The van der Waals surface area contributed by atoms with E-state index in [4.69, 9.17) is 0 Å². The van der Waals surface area contributed by atoms with Crippen molar-refractivity contribution in [3.8, 4) is 11.4 Å². The van der Waals surface area contributed by atoms with Crippen LogP contribution in [0.1, 0.15) is 11.4 Å². The summed E-state index contributed by atoms with van der Waals surface area (Å²) in [6, 6.07) is 6.09. The van der Waals surface area contributed by atoms with Gasteiger partial charge in [0.25, 0.3) is 0 Å². The van der Waals surface area contributed by atoms with Gasteiger partial charge in [-0.15, -0.1) is 10.2 Å². The molecule has 0 aliphatic carbocycles. The molecule has 0 bridgehead atoms. The summed E-state index contributed by atoms with van der Waals surface area (Å²) in [4.78, 5) is 0. The van der Waals surface area contributed by atoms with Crippen LogP contribution in [0.15, 0.2) is 22.7 Å². The zero-order valence-corrected chi connectivity index (χ0v) is 12.2. The van der Waals surface area contributed by atoms with Crippen LogP contribution in [0.3, 0.4) is 0 Å². The van der Waals surface area contributed by atoms with Crippen LogP contribution >= 0.6 is 31.9 Å². The first-order chi connectivity index (χ1) is 7.65. The Balaban J connectivity index is 2.59. The van der Waals surface area contributed by atoms with Gasteiger partial charge in [0.15, 0.2) is 5.82 Å². The third-order valence-electron chi connectivity index (χ3n) is 2.59. The van der Waals surface area contributed by atoms with E-state index in [-0.39, 0.29) is 0 Å². The molecule has 5 heteroatoms. The zero-order chi connectivity index (χ0) is 11.7. The predicted octanol–water partition coefficient (Wildman–Crippen LogP) is 3.45. The standard InChI is InChI=1S/C11H11Br2N3/c1-7-8(4-3-5-9(7)13)11-15-14-10(6-12)16(11)2/h3-5H,6H2,1-2H3. The Morgan fingerprint density at radius 3 is 2.69 bits per heavy atom. The molecule has 0 N–H and O–H groups in total. The summed E-state index contributed by atoms with van der Waals surface area (Å²) in [5.41, 5.74) is 2.29. The van der Waals surface area contributed by atoms with E-state index in [9.17, 15) is 0 Å². The van der Waals surface area contributed by atoms with Crippen LogP contribution in [0.5, 0.6) is 0 Å². The first kappa shape index (κ1) is 11.8. The van der Waals surface area contributed by atoms with Crippen LogP contribution < -0.4 is 0 Å². The molecule has 0 fully saturated rings. The fourth-order valence-corrected chi connectivity index (χ4v) is 2.42. The summed E-state index contributed by atoms with van der Waals surface area (Å²) >= 11 is 6.92. The van der Waals surface area contributed by atoms with Gasteiger partial charge >= 0.3 is 0 Å². The van der Waals surface area contributed by atoms with Crippen LogP contribution in [0.4, 0.5) is 0 Å². The maximum absolute atomic E-state index is 4.22. The van der Waals surface area contributed by atoms with Gasteiger partial charge in [0.2, 0.25) is 0 Å². The topological polar surface area (TPSA) is 30.7 Å². The van der Waals surface area contributed by atoms with E-state index >= 15 is 0 Å². The maximum atomic E-state index is 4.22. The van der Waals surface area contributed by atoms with Crippen molar-refractivity contribution in [3.63, 3.8) is 0 Å². The highest BCUT2D eigenvalue weighted by molar-refractivity contribution is 9.10. The molecule has 0 radical (unpaired) electrons. The highest BCUT2D eigenvalue weighted by Gasteiger charge is 2.12. The van der Waals surface area contributed by atoms with Gasteiger partial charge in [-0.25, -0.2) is 0 Å². The smallest absolute Gasteiger partial charge is 0.164 e. The fraction of sp³-hybridized carbons (Fsp3) is 0.273. The van der Waals surface area contributed by atoms with Crippen molar-refractivity contribution in [2.45, 2.75) is 12.3 Å². The molecule has 1 aromatic carbocycles. The Labute approximate surface area is 111 Å². The third-order valence-corrected chi connectivity index (χ3v) is 3.95. The van der Waals surface area contributed by atoms with Crippen LogP contribution in [0.25, 0.3) is 11.4 Å². The highest BCUT2D eigenvalue weighted by Crippen LogP contribution is 2.27. The number of rotatable bonds is 2. The minimum absolute atomic E-state index is 0.712. The van der Waals surface area contributed by atoms with Gasteiger partial charge in [-0.1, -0.05) is 44.0 Å². The summed E-state index contributed by atoms with van der Waals surface area (Å²) in [6.07, 6.45) is 0. The Morgan fingerprint density at radius 2 is 2.06 bits per heavy atom. The quantitative estimate of drug-likeness (QED) is 0.781. The number of benzene rings is 1. The average Bonchev–Trinajstić information content (AvgIpc) is 2.64. The third kappa shape index (κ3) is 1.94. The van der Waals surface area contributed by atoms with Gasteiger partial charge in [0.1, 0.15) is 5.82 Å². The molecule has 0 aliphatic heterocycles. The van der Waals surface area contributed by atoms with Crippen LogP contribution in [-0.2, 0) is 12.4 Å². The molecule has 2 rings (SSSR count). The number of hydrogen-bond donors (Lipinski definition) is 0. The van der Waals surface area contributed by atoms with Crippen molar-refractivity contribution >= 4 is 31.9 Å². The molecule has 0 unspecified atom stereocenters. The summed E-state index contributed by atoms with van der Waals surface area (Å²) in [7, 11) is 1.98. The SMILES string of the molecule is Cc1c(Br)cccc1-c1nnc(CBr)n1C. The van der Waals surface area contributed by atoms with E-state index in [2.05, 4.69) is 55.0 Å². The van der Waals surface area contributed by atoms with Crippen LogP contribution in [0.2, 0.25) is 0 Å². The van der Waals surface area contributed by atoms with Gasteiger partial charge in [-0.2, -0.15) is 0 Å². The van der Waals surface area contributed by atoms with Gasteiger partial charge in [-0.05, 0) is 18.6 Å². The molecular formula is C11H11Br2N3. The van der Waals surface area contributed by atoms with Crippen molar-refractivity contribution in [3.05, 3.63) is 34.1 Å². The molecule has 0 saturated heterocycles. The zero-order valence-electron chi connectivity index (χ0n) is 9.04. The van der Waals surface area contributed by atoms with E-state index in [1.165, 1.54) is 5.56 Å². The first-order valence-corrected chi connectivity index (χ1v) is 6.76. The monoisotopic (exact) mass is 343 g/mol. The second-order valence-electron chi connectivity index (χ2n) is 3.54. The lowest BCUT2D eigenvalue weighted by Crippen LogP contribution is -1.98. The summed E-state index contributed by atoms with van der Waals surface area (Å²) < 4.78 is 3.09. The second kappa shape index (κ2) is 4.67. The average molecular weight is 345 g/mol. The molecule has 3 nitrogen and oxygen atoms in total. The normalized spacial score (nSPS) is 10.8. The van der Waals surface area contributed by atoms with E-state index in [1.54, 1.807) is 0 Å². The lowest BCUT2D eigenvalue weighted by molar-refractivity contribution is 0.858. The molecule has 1 aromatic heterocycles. The molecule has 0 saturated carbocycles. The molecule has 0 aliphatic rings. The van der Waals surface area contributed by atoms with Crippen molar-refractivity contribution in [2.24, 2.45) is 7.05 Å². The Hall–Kier alpha value is -0.680. The lowest BCUT2D eigenvalue weighted by Gasteiger charge is -2.07. The summed E-state index contributed by atoms with van der Waals surface area (Å²) in [5.74, 6) is 1.82. The molecule has 84 valence electrons. The van der Waals surface area contributed by atoms with E-state index < -0.39 is 0 Å². The van der Waals surface area contributed by atoms with E-state index in [0.717, 1.165) is 21.7 Å². The van der Waals surface area contributed by atoms with Gasteiger partial charge in [0.05, 0.1) is 5.33 Å². The number of nitrogens with zero attached hydrogens (tertiary/aromatic N) is 3. The second-order valence-corrected chi connectivity index (χ2v) is 4.96. The molecule has 2 aromatic rings. The first-order valence-electron chi connectivity index (χ1n) is 4.85. The highest BCUT2D eigenvalue weighted by atomic mass is 79.9. The summed E-state index contributed by atoms with van der Waals surface area (Å²) in [6.45, 7) is 2.07. The molecule has 16 heavy (non-hydrogen) atoms. The van der Waals surface area contributed by atoms with Crippen molar-refractivity contribution in [1.82, 2.24) is 14.8 Å². The largest absolute Gasteiger partial charge is 0.313 e. The van der Waals surface area contributed by atoms with Crippen molar-refractivity contribution in [2.75, 3.05) is 0 Å². The minimum Gasteiger partial charge on any atom is -0.313 e. The van der Waals surface area contributed by atoms with Gasteiger partial charge in [-0.3, -0.25) is 0 Å². The summed E-state index contributed by atoms with van der Waals surface area (Å²) in [5, 5.41) is 9.06. The molecule has 0 spiro atoms. The Morgan fingerprint density at radius 1 is 1.31 bits per heavy atom. The number of hydrogen-bond acceptors (Lipinski definition) is 2. The molecular weight excluding hydrogens is 334 g/mol. The van der Waals surface area contributed by atoms with E-state index in [1.807, 2.05) is 23.7 Å². The number of halogens is 2. The Bertz CT molecular complexity index is 520. The van der Waals surface area contributed by atoms with Crippen LogP contribution in [-0.4, -0.2) is 14.8 Å². The molecule has 0 atom stereocenters. The number of alkyl halides is 1. The van der Waals surface area contributed by atoms with Crippen LogP contribution in [0, 0.1) is 6.92 Å². The maximum Gasteiger partial charge on any atom is 0.164 e. The van der Waals surface area contributed by atoms with Crippen molar-refractivity contribution < 1.29 is 0 Å². The van der Waals surface area contributed by atoms with E-state index in [0.29, 0.717) is 5.33 Å². The fourth-order valence-electron chi connectivity index (χ4n) is 1.56. The predicted molar refractivity (Wildman–Crippen MR) is 71.5 cm³/mol. The Kier molecular flexibility index (Phi) is 3.44. The molecule has 1 heterocycles. The van der Waals surface area contributed by atoms with Gasteiger partial charge < -0.3 is 4.57 Å². The number of aromatic nitrogens is 3. The minimum atomic E-state index is 0.712. The lowest BCUT2D eigenvalue weighted by atomic mass is 10.1. The van der Waals surface area contributed by atoms with Gasteiger partial charge in [0, 0.05) is 17.1 Å².